The van der Waals surface area contributed by atoms with Crippen LogP contribution in [0.15, 0.2) is 72.9 Å². The third kappa shape index (κ3) is 4.38. The Labute approximate surface area is 203 Å². The molecule has 1 aromatic heterocycles. The van der Waals surface area contributed by atoms with E-state index < -0.39 is 0 Å². The maximum Gasteiger partial charge on any atom is 0.257 e. The van der Waals surface area contributed by atoms with E-state index in [9.17, 15) is 4.79 Å². The summed E-state index contributed by atoms with van der Waals surface area (Å²) in [6, 6.07) is 20.8. The number of carbonyl (C=O) groups is 1. The van der Waals surface area contributed by atoms with Crippen LogP contribution in [0.3, 0.4) is 0 Å². The van der Waals surface area contributed by atoms with Crippen LogP contribution >= 0.6 is 0 Å². The summed E-state index contributed by atoms with van der Waals surface area (Å²) >= 11 is 0. The van der Waals surface area contributed by atoms with E-state index in [-0.39, 0.29) is 12.7 Å². The number of nitrogens with zero attached hydrogens (tertiary/aromatic N) is 3. The van der Waals surface area contributed by atoms with E-state index in [1.165, 1.54) is 0 Å². The Morgan fingerprint density at radius 3 is 2.57 bits per heavy atom. The first kappa shape index (κ1) is 22.3. The molecule has 0 saturated heterocycles. The maximum atomic E-state index is 13.7. The van der Waals surface area contributed by atoms with Gasteiger partial charge >= 0.3 is 0 Å². The van der Waals surface area contributed by atoms with Crippen molar-refractivity contribution in [1.82, 2.24) is 14.7 Å². The Morgan fingerprint density at radius 2 is 1.80 bits per heavy atom. The van der Waals surface area contributed by atoms with Gasteiger partial charge < -0.3 is 23.8 Å². The maximum absolute atomic E-state index is 13.7. The zero-order chi connectivity index (χ0) is 24.4. The number of hydrogen-bond acceptors (Lipinski definition) is 6. The molecule has 0 atom stereocenters. The van der Waals surface area contributed by atoms with Crippen LogP contribution in [0.1, 0.15) is 15.9 Å². The SMILES string of the molecule is COc1ccc(OC)c(-c2nn(-c3ccccc3)cc2C(=O)N(C)Cc2ccc3c(c2)OCO3)c1. The summed E-state index contributed by atoms with van der Waals surface area (Å²) in [4.78, 5) is 15.4. The largest absolute Gasteiger partial charge is 0.497 e. The number of amides is 1. The summed E-state index contributed by atoms with van der Waals surface area (Å²) in [5.41, 5.74) is 3.39. The minimum atomic E-state index is -0.176. The van der Waals surface area contributed by atoms with Gasteiger partial charge in [-0.1, -0.05) is 24.3 Å². The summed E-state index contributed by atoms with van der Waals surface area (Å²) in [5.74, 6) is 2.45. The second-order valence-electron chi connectivity index (χ2n) is 8.09. The van der Waals surface area contributed by atoms with Gasteiger partial charge in [-0.2, -0.15) is 5.10 Å². The molecule has 0 saturated carbocycles. The number of fused-ring (bicyclic) bond motifs is 1. The smallest absolute Gasteiger partial charge is 0.257 e. The average Bonchev–Trinajstić information content (AvgIpc) is 3.55. The summed E-state index contributed by atoms with van der Waals surface area (Å²) in [5, 5.41) is 4.79. The molecule has 1 aliphatic heterocycles. The third-order valence-corrected chi connectivity index (χ3v) is 5.83. The number of carbonyl (C=O) groups excluding carboxylic acids is 1. The molecule has 0 bridgehead atoms. The van der Waals surface area contributed by atoms with Crippen molar-refractivity contribution in [2.24, 2.45) is 0 Å². The second kappa shape index (κ2) is 9.42. The summed E-state index contributed by atoms with van der Waals surface area (Å²) in [6.45, 7) is 0.596. The van der Waals surface area contributed by atoms with E-state index in [1.807, 2.05) is 60.7 Å². The molecule has 8 nitrogen and oxygen atoms in total. The van der Waals surface area contributed by atoms with E-state index in [0.29, 0.717) is 46.4 Å². The van der Waals surface area contributed by atoms with E-state index in [2.05, 4.69) is 0 Å². The minimum Gasteiger partial charge on any atom is -0.497 e. The van der Waals surface area contributed by atoms with E-state index in [4.69, 9.17) is 24.0 Å². The van der Waals surface area contributed by atoms with Gasteiger partial charge in [0.2, 0.25) is 6.79 Å². The molecule has 0 N–H and O–H groups in total. The Morgan fingerprint density at radius 1 is 1.00 bits per heavy atom. The van der Waals surface area contributed by atoms with Crippen molar-refractivity contribution in [2.75, 3.05) is 28.1 Å². The fourth-order valence-electron chi connectivity index (χ4n) is 4.03. The van der Waals surface area contributed by atoms with Crippen molar-refractivity contribution >= 4 is 5.91 Å². The molecular formula is C27H25N3O5. The lowest BCUT2D eigenvalue weighted by atomic mass is 10.1. The molecule has 0 unspecified atom stereocenters. The average molecular weight is 472 g/mol. The molecule has 35 heavy (non-hydrogen) atoms. The molecule has 178 valence electrons. The molecule has 1 aliphatic rings. The lowest BCUT2D eigenvalue weighted by Gasteiger charge is -2.18. The van der Waals surface area contributed by atoms with E-state index in [0.717, 1.165) is 11.3 Å². The normalized spacial score (nSPS) is 11.9. The van der Waals surface area contributed by atoms with Crippen LogP contribution in [0.2, 0.25) is 0 Å². The first-order valence-corrected chi connectivity index (χ1v) is 11.1. The van der Waals surface area contributed by atoms with Gasteiger partial charge in [-0.05, 0) is 48.0 Å². The van der Waals surface area contributed by atoms with Crippen LogP contribution < -0.4 is 18.9 Å². The Balaban J connectivity index is 1.54. The van der Waals surface area contributed by atoms with Crippen molar-refractivity contribution in [3.05, 3.63) is 84.1 Å². The van der Waals surface area contributed by atoms with Crippen LogP contribution in [0.5, 0.6) is 23.0 Å². The van der Waals surface area contributed by atoms with Gasteiger partial charge in [0, 0.05) is 25.4 Å². The Bertz CT molecular complexity index is 1370. The van der Waals surface area contributed by atoms with Crippen molar-refractivity contribution < 1.29 is 23.7 Å². The number of ether oxygens (including phenoxy) is 4. The highest BCUT2D eigenvalue weighted by molar-refractivity contribution is 6.00. The third-order valence-electron chi connectivity index (χ3n) is 5.83. The van der Waals surface area contributed by atoms with E-state index >= 15 is 0 Å². The Kier molecular flexibility index (Phi) is 6.01. The van der Waals surface area contributed by atoms with Gasteiger partial charge in [0.05, 0.1) is 25.5 Å². The topological polar surface area (TPSA) is 75.1 Å². The molecule has 4 aromatic rings. The minimum absolute atomic E-state index is 0.176. The molecular weight excluding hydrogens is 446 g/mol. The fraction of sp³-hybridized carbons (Fsp3) is 0.185. The molecule has 0 radical (unpaired) electrons. The highest BCUT2D eigenvalue weighted by atomic mass is 16.7. The number of hydrogen-bond donors (Lipinski definition) is 0. The van der Waals surface area contributed by atoms with Crippen LogP contribution in [0.4, 0.5) is 0 Å². The monoisotopic (exact) mass is 471 g/mol. The van der Waals surface area contributed by atoms with Crippen molar-refractivity contribution in [3.63, 3.8) is 0 Å². The first-order valence-electron chi connectivity index (χ1n) is 11.1. The van der Waals surface area contributed by atoms with Crippen LogP contribution in [0, 0.1) is 0 Å². The molecule has 0 fully saturated rings. The lowest BCUT2D eigenvalue weighted by Crippen LogP contribution is -2.26. The van der Waals surface area contributed by atoms with Gasteiger partial charge in [-0.15, -0.1) is 0 Å². The predicted molar refractivity (Wildman–Crippen MR) is 130 cm³/mol. The molecule has 1 amide bonds. The highest BCUT2D eigenvalue weighted by Crippen LogP contribution is 2.36. The fourth-order valence-corrected chi connectivity index (χ4v) is 4.03. The molecule has 8 heteroatoms. The predicted octanol–water partition coefficient (Wildman–Crippen LogP) is 4.56. The summed E-state index contributed by atoms with van der Waals surface area (Å²) in [6.07, 6.45) is 1.75. The van der Waals surface area contributed by atoms with Crippen LogP contribution in [-0.2, 0) is 6.54 Å². The Hall–Kier alpha value is -4.46. The number of para-hydroxylation sites is 1. The van der Waals surface area contributed by atoms with Gasteiger partial charge in [0.15, 0.2) is 11.5 Å². The lowest BCUT2D eigenvalue weighted by molar-refractivity contribution is 0.0785. The van der Waals surface area contributed by atoms with Gasteiger partial charge in [-0.3, -0.25) is 4.79 Å². The zero-order valence-electron chi connectivity index (χ0n) is 19.7. The van der Waals surface area contributed by atoms with Gasteiger partial charge in [-0.25, -0.2) is 4.68 Å². The summed E-state index contributed by atoms with van der Waals surface area (Å²) < 4.78 is 23.6. The number of rotatable bonds is 7. The van der Waals surface area contributed by atoms with Gasteiger partial charge in [0.1, 0.15) is 17.2 Å². The number of benzene rings is 3. The molecule has 5 rings (SSSR count). The molecule has 0 spiro atoms. The molecule has 0 aliphatic carbocycles. The number of aromatic nitrogens is 2. The van der Waals surface area contributed by atoms with Gasteiger partial charge in [0.25, 0.3) is 5.91 Å². The first-order chi connectivity index (χ1) is 17.1. The van der Waals surface area contributed by atoms with Crippen LogP contribution in [-0.4, -0.2) is 48.6 Å². The zero-order valence-corrected chi connectivity index (χ0v) is 19.7. The van der Waals surface area contributed by atoms with Crippen molar-refractivity contribution in [3.8, 4) is 39.9 Å². The van der Waals surface area contributed by atoms with Crippen LogP contribution in [0.25, 0.3) is 16.9 Å². The standard InChI is InChI=1S/C27H25N3O5/c1-29(15-18-9-11-24-25(13-18)35-17-34-24)27(31)22-16-30(19-7-5-4-6-8-19)28-26(22)21-14-20(32-2)10-12-23(21)33-3/h4-14,16H,15,17H2,1-3H3. The van der Waals surface area contributed by atoms with E-state index in [1.54, 1.807) is 43.1 Å². The highest BCUT2D eigenvalue weighted by Gasteiger charge is 2.25. The van der Waals surface area contributed by atoms with Crippen molar-refractivity contribution in [2.45, 2.75) is 6.54 Å². The quantitative estimate of drug-likeness (QED) is 0.394. The van der Waals surface area contributed by atoms with Crippen molar-refractivity contribution in [1.29, 1.82) is 0 Å². The molecule has 3 aromatic carbocycles. The molecule has 2 heterocycles. The number of methoxy groups -OCH3 is 2. The summed E-state index contributed by atoms with van der Waals surface area (Å²) in [7, 11) is 4.95. The second-order valence-corrected chi connectivity index (χ2v) is 8.09.